The predicted octanol–water partition coefficient (Wildman–Crippen LogP) is 3.36. The van der Waals surface area contributed by atoms with Crippen LogP contribution in [0.25, 0.3) is 10.9 Å². The van der Waals surface area contributed by atoms with Crippen molar-refractivity contribution in [2.45, 2.75) is 13.8 Å². The third-order valence-corrected chi connectivity index (χ3v) is 3.58. The number of hydrogen-bond acceptors (Lipinski definition) is 5. The summed E-state index contributed by atoms with van der Waals surface area (Å²) in [6.45, 7) is 4.32. The molecule has 0 radical (unpaired) electrons. The molecule has 118 valence electrons. The van der Waals surface area contributed by atoms with Crippen molar-refractivity contribution < 1.29 is 9.84 Å². The minimum Gasteiger partial charge on any atom is -0.491 e. The molecule has 2 aromatic carbocycles. The molecule has 5 nitrogen and oxygen atoms in total. The lowest BCUT2D eigenvalue weighted by molar-refractivity contribution is 0.200. The van der Waals surface area contributed by atoms with Crippen LogP contribution in [-0.2, 0) is 0 Å². The number of aliphatic hydroxyl groups is 1. The molecule has 0 aliphatic carbocycles. The minimum absolute atomic E-state index is 0.00567. The molecule has 0 aliphatic heterocycles. The van der Waals surface area contributed by atoms with Crippen molar-refractivity contribution in [3.63, 3.8) is 0 Å². The van der Waals surface area contributed by atoms with E-state index in [0.717, 1.165) is 33.7 Å². The number of hydrogen-bond donors (Lipinski definition) is 2. The Balaban J connectivity index is 1.90. The Morgan fingerprint density at radius 1 is 1.09 bits per heavy atom. The molecule has 5 heteroatoms. The summed E-state index contributed by atoms with van der Waals surface area (Å²) in [4.78, 5) is 8.65. The highest BCUT2D eigenvalue weighted by Crippen LogP contribution is 2.27. The summed E-state index contributed by atoms with van der Waals surface area (Å²) in [5.74, 6) is 1.55. The van der Waals surface area contributed by atoms with E-state index in [1.54, 1.807) is 6.33 Å². The van der Waals surface area contributed by atoms with E-state index in [-0.39, 0.29) is 6.61 Å². The molecule has 0 bridgehead atoms. The molecule has 3 rings (SSSR count). The van der Waals surface area contributed by atoms with Crippen molar-refractivity contribution in [2.75, 3.05) is 18.5 Å². The van der Waals surface area contributed by atoms with Crippen LogP contribution in [0.2, 0.25) is 0 Å². The first-order valence-corrected chi connectivity index (χ1v) is 7.50. The van der Waals surface area contributed by atoms with E-state index >= 15 is 0 Å². The predicted molar refractivity (Wildman–Crippen MR) is 91.3 cm³/mol. The van der Waals surface area contributed by atoms with Gasteiger partial charge in [-0.25, -0.2) is 9.97 Å². The van der Waals surface area contributed by atoms with E-state index in [9.17, 15) is 0 Å². The Hall–Kier alpha value is -2.66. The number of ether oxygens (including phenoxy) is 1. The molecule has 3 aromatic rings. The summed E-state index contributed by atoms with van der Waals surface area (Å²) in [7, 11) is 0. The lowest BCUT2D eigenvalue weighted by Crippen LogP contribution is -2.03. The van der Waals surface area contributed by atoms with Gasteiger partial charge in [0.1, 0.15) is 24.5 Å². The van der Waals surface area contributed by atoms with E-state index < -0.39 is 0 Å². The molecule has 0 fully saturated rings. The van der Waals surface area contributed by atoms with Crippen LogP contribution in [0, 0.1) is 13.8 Å². The quantitative estimate of drug-likeness (QED) is 0.756. The minimum atomic E-state index is 0.00567. The molecular formula is C18H19N3O2. The lowest BCUT2D eigenvalue weighted by Gasteiger charge is -2.12. The number of fused-ring (bicyclic) bond motifs is 1. The Bertz CT molecular complexity index is 834. The van der Waals surface area contributed by atoms with Crippen LogP contribution < -0.4 is 10.1 Å². The Labute approximate surface area is 135 Å². The molecular weight excluding hydrogens is 290 g/mol. The fourth-order valence-electron chi connectivity index (χ4n) is 2.45. The van der Waals surface area contributed by atoms with Gasteiger partial charge in [-0.3, -0.25) is 0 Å². The van der Waals surface area contributed by atoms with Crippen molar-refractivity contribution in [3.05, 3.63) is 53.9 Å². The van der Waals surface area contributed by atoms with Gasteiger partial charge in [0.05, 0.1) is 12.1 Å². The first kappa shape index (κ1) is 15.2. The van der Waals surface area contributed by atoms with Crippen molar-refractivity contribution in [1.82, 2.24) is 9.97 Å². The topological polar surface area (TPSA) is 67.3 Å². The van der Waals surface area contributed by atoms with Crippen molar-refractivity contribution in [2.24, 2.45) is 0 Å². The van der Waals surface area contributed by atoms with Crippen LogP contribution >= 0.6 is 0 Å². The van der Waals surface area contributed by atoms with E-state index in [1.165, 1.54) is 5.56 Å². The van der Waals surface area contributed by atoms with E-state index in [2.05, 4.69) is 21.4 Å². The van der Waals surface area contributed by atoms with Gasteiger partial charge in [-0.1, -0.05) is 11.6 Å². The molecule has 0 atom stereocenters. The monoisotopic (exact) mass is 309 g/mol. The van der Waals surface area contributed by atoms with Crippen molar-refractivity contribution in [3.8, 4) is 5.75 Å². The van der Waals surface area contributed by atoms with Gasteiger partial charge >= 0.3 is 0 Å². The molecule has 1 aromatic heterocycles. The fourth-order valence-corrected chi connectivity index (χ4v) is 2.45. The van der Waals surface area contributed by atoms with Gasteiger partial charge < -0.3 is 15.2 Å². The maximum absolute atomic E-state index is 8.84. The van der Waals surface area contributed by atoms with Crippen LogP contribution in [0.1, 0.15) is 11.1 Å². The first-order chi connectivity index (χ1) is 11.2. The molecule has 0 saturated carbocycles. The van der Waals surface area contributed by atoms with Crippen LogP contribution in [0.15, 0.2) is 42.7 Å². The Morgan fingerprint density at radius 2 is 1.96 bits per heavy atom. The van der Waals surface area contributed by atoms with Crippen molar-refractivity contribution >= 4 is 22.4 Å². The van der Waals surface area contributed by atoms with Crippen LogP contribution in [0.5, 0.6) is 5.75 Å². The number of benzene rings is 2. The molecule has 0 unspecified atom stereocenters. The second-order valence-corrected chi connectivity index (χ2v) is 5.42. The molecule has 2 N–H and O–H groups in total. The number of nitrogens with one attached hydrogen (secondary N) is 1. The number of anilines is 2. The average Bonchev–Trinajstić information content (AvgIpc) is 2.55. The van der Waals surface area contributed by atoms with E-state index in [4.69, 9.17) is 9.84 Å². The van der Waals surface area contributed by atoms with Crippen LogP contribution in [0.3, 0.4) is 0 Å². The maximum Gasteiger partial charge on any atom is 0.141 e. The standard InChI is InChI=1S/C18H19N3O2/c1-12-3-5-16-15(9-12)18(20-11-19-16)21-14-4-6-17(13(2)10-14)23-8-7-22/h3-6,9-11,22H,7-8H2,1-2H3,(H,19,20,21). The normalized spacial score (nSPS) is 10.7. The van der Waals surface area contributed by atoms with Gasteiger partial charge in [-0.15, -0.1) is 0 Å². The molecule has 0 spiro atoms. The summed E-state index contributed by atoms with van der Waals surface area (Å²) >= 11 is 0. The third kappa shape index (κ3) is 3.40. The molecule has 0 saturated heterocycles. The fraction of sp³-hybridized carbons (Fsp3) is 0.222. The van der Waals surface area contributed by atoms with Crippen LogP contribution in [-0.4, -0.2) is 28.3 Å². The Morgan fingerprint density at radius 3 is 2.74 bits per heavy atom. The number of nitrogens with zero attached hydrogens (tertiary/aromatic N) is 2. The smallest absolute Gasteiger partial charge is 0.141 e. The zero-order chi connectivity index (χ0) is 16.2. The maximum atomic E-state index is 8.84. The van der Waals surface area contributed by atoms with Gasteiger partial charge in [0.15, 0.2) is 0 Å². The summed E-state index contributed by atoms with van der Waals surface area (Å²) in [6.07, 6.45) is 1.56. The van der Waals surface area contributed by atoms with Gasteiger partial charge in [-0.2, -0.15) is 0 Å². The molecule has 0 amide bonds. The molecule has 0 aliphatic rings. The number of aromatic nitrogens is 2. The zero-order valence-corrected chi connectivity index (χ0v) is 13.2. The average molecular weight is 309 g/mol. The highest BCUT2D eigenvalue weighted by Gasteiger charge is 2.06. The lowest BCUT2D eigenvalue weighted by atomic mass is 10.1. The highest BCUT2D eigenvalue weighted by molar-refractivity contribution is 5.91. The molecule has 23 heavy (non-hydrogen) atoms. The van der Waals surface area contributed by atoms with Gasteiger partial charge in [0.25, 0.3) is 0 Å². The summed E-state index contributed by atoms with van der Waals surface area (Å²) < 4.78 is 5.47. The Kier molecular flexibility index (Phi) is 4.39. The third-order valence-electron chi connectivity index (χ3n) is 3.58. The SMILES string of the molecule is Cc1ccc2ncnc(Nc3ccc(OCCO)c(C)c3)c2c1. The summed E-state index contributed by atoms with van der Waals surface area (Å²) in [6, 6.07) is 11.9. The number of aliphatic hydroxyl groups excluding tert-OH is 1. The van der Waals surface area contributed by atoms with E-state index in [1.807, 2.05) is 44.2 Å². The number of rotatable bonds is 5. The molecule has 1 heterocycles. The second-order valence-electron chi connectivity index (χ2n) is 5.42. The summed E-state index contributed by atoms with van der Waals surface area (Å²) in [5, 5.41) is 13.2. The summed E-state index contributed by atoms with van der Waals surface area (Å²) in [5.41, 5.74) is 4.00. The van der Waals surface area contributed by atoms with Gasteiger partial charge in [0.2, 0.25) is 0 Å². The van der Waals surface area contributed by atoms with Gasteiger partial charge in [0, 0.05) is 11.1 Å². The van der Waals surface area contributed by atoms with Crippen molar-refractivity contribution in [1.29, 1.82) is 0 Å². The number of aryl methyl sites for hydroxylation is 2. The largest absolute Gasteiger partial charge is 0.491 e. The van der Waals surface area contributed by atoms with Gasteiger partial charge in [-0.05, 0) is 49.7 Å². The zero-order valence-electron chi connectivity index (χ0n) is 13.2. The van der Waals surface area contributed by atoms with Crippen LogP contribution in [0.4, 0.5) is 11.5 Å². The highest BCUT2D eigenvalue weighted by atomic mass is 16.5. The second kappa shape index (κ2) is 6.62. The first-order valence-electron chi connectivity index (χ1n) is 7.50. The van der Waals surface area contributed by atoms with E-state index in [0.29, 0.717) is 6.61 Å².